The maximum atomic E-state index is 12.6. The number of rotatable bonds is 38. The molecule has 0 aromatic carbocycles. The van der Waals surface area contributed by atoms with Crippen molar-refractivity contribution in [1.82, 2.24) is 0 Å². The number of hydrogen-bond donors (Lipinski definition) is 3. The highest BCUT2D eigenvalue weighted by molar-refractivity contribution is 7.47. The van der Waals surface area contributed by atoms with Crippen molar-refractivity contribution in [2.24, 2.45) is 0 Å². The Morgan fingerprint density at radius 1 is 0.545 bits per heavy atom. The Bertz CT molecular complexity index is 1140. The third kappa shape index (κ3) is 39.4. The molecule has 0 spiro atoms. The highest BCUT2D eigenvalue weighted by Crippen LogP contribution is 2.43. The van der Waals surface area contributed by atoms with Crippen molar-refractivity contribution in [3.05, 3.63) is 72.9 Å². The van der Waals surface area contributed by atoms with Gasteiger partial charge in [-0.3, -0.25) is 18.6 Å². The summed E-state index contributed by atoms with van der Waals surface area (Å²) >= 11 is 0. The zero-order valence-electron chi connectivity index (χ0n) is 34.1. The van der Waals surface area contributed by atoms with Gasteiger partial charge in [0.2, 0.25) is 0 Å². The van der Waals surface area contributed by atoms with Gasteiger partial charge in [-0.1, -0.05) is 138 Å². The number of hydrogen-bond acceptors (Lipinski definition) is 9. The normalized spacial score (nSPS) is 14.6. The van der Waals surface area contributed by atoms with Gasteiger partial charge in [0.15, 0.2) is 6.10 Å². The van der Waals surface area contributed by atoms with E-state index < -0.39 is 51.8 Å². The first-order chi connectivity index (χ1) is 26.7. The smallest absolute Gasteiger partial charge is 0.462 e. The number of carbonyl (C=O) groups excluding carboxylic acids is 2. The minimum Gasteiger partial charge on any atom is -0.462 e. The molecule has 3 N–H and O–H groups in total. The van der Waals surface area contributed by atoms with Crippen LogP contribution in [0.1, 0.15) is 155 Å². The summed E-state index contributed by atoms with van der Waals surface area (Å²) < 4.78 is 32.5. The number of phosphoric ester groups is 1. The number of aliphatic hydroxyl groups is 2. The maximum absolute atomic E-state index is 12.6. The number of phosphoric acid groups is 1. The fraction of sp³-hybridized carbons (Fsp3) is 0.682. The SMILES string of the molecule is CCCCC/C=C/C/C=C/C/C=C/C/C=C/C/C=C/CCC(=O)O[C@H](COC(=O)CCCCC/C=C/CCCCCCCC)COP(=O)(O)OC[C@@H](O)CO. The second-order valence-corrected chi connectivity index (χ2v) is 15.1. The molecular formula is C44H75O10P. The van der Waals surface area contributed by atoms with Gasteiger partial charge in [0, 0.05) is 12.8 Å². The highest BCUT2D eigenvalue weighted by Gasteiger charge is 2.27. The number of carbonyl (C=O) groups is 2. The van der Waals surface area contributed by atoms with Crippen LogP contribution >= 0.6 is 7.82 Å². The van der Waals surface area contributed by atoms with Crippen LogP contribution in [0.2, 0.25) is 0 Å². The average molecular weight is 795 g/mol. The summed E-state index contributed by atoms with van der Waals surface area (Å²) in [6.07, 6.45) is 44.6. The molecule has 11 heteroatoms. The number of aliphatic hydroxyl groups excluding tert-OH is 2. The predicted octanol–water partition coefficient (Wildman–Crippen LogP) is 10.9. The number of esters is 2. The van der Waals surface area contributed by atoms with Crippen molar-refractivity contribution < 1.29 is 47.8 Å². The topological polar surface area (TPSA) is 149 Å². The zero-order chi connectivity index (χ0) is 40.5. The van der Waals surface area contributed by atoms with Crippen LogP contribution in [0.3, 0.4) is 0 Å². The Kier molecular flexibility index (Phi) is 37.8. The molecule has 0 aromatic rings. The van der Waals surface area contributed by atoms with E-state index in [1.165, 1.54) is 64.2 Å². The van der Waals surface area contributed by atoms with E-state index >= 15 is 0 Å². The molecule has 0 saturated carbocycles. The summed E-state index contributed by atoms with van der Waals surface area (Å²) in [5.41, 5.74) is 0. The standard InChI is InChI=1S/C44H75O10P/c1-3-5-7-9-11-13-15-17-18-19-20-21-22-24-26-28-30-32-34-36-44(48)54-42(40-53-55(49,50)52-38-41(46)37-45)39-51-43(47)35-33-31-29-27-25-23-16-14-12-10-8-6-4-2/h11,13,17-18,20-21,23-26,30,32,41-42,45-46H,3-10,12,14-16,19,22,27-29,31,33-40H2,1-2H3,(H,49,50)/b13-11+,18-17+,21-20+,25-23+,26-24+,32-30+/t41-,42+/m0/s1. The highest BCUT2D eigenvalue weighted by atomic mass is 31.2. The van der Waals surface area contributed by atoms with Gasteiger partial charge < -0.3 is 24.6 Å². The van der Waals surface area contributed by atoms with E-state index in [0.717, 1.165) is 51.4 Å². The van der Waals surface area contributed by atoms with E-state index in [1.807, 2.05) is 12.2 Å². The summed E-state index contributed by atoms with van der Waals surface area (Å²) in [6, 6.07) is 0. The van der Waals surface area contributed by atoms with Crippen molar-refractivity contribution in [1.29, 1.82) is 0 Å². The van der Waals surface area contributed by atoms with Crippen molar-refractivity contribution in [3.63, 3.8) is 0 Å². The third-order valence-corrected chi connectivity index (χ3v) is 9.30. The molecule has 0 bridgehead atoms. The minimum absolute atomic E-state index is 0.0545. The molecule has 0 fully saturated rings. The van der Waals surface area contributed by atoms with Crippen molar-refractivity contribution >= 4 is 19.8 Å². The molecule has 0 heterocycles. The van der Waals surface area contributed by atoms with Crippen LogP contribution in [0.5, 0.6) is 0 Å². The maximum Gasteiger partial charge on any atom is 0.472 e. The third-order valence-electron chi connectivity index (χ3n) is 8.35. The van der Waals surface area contributed by atoms with Gasteiger partial charge in [-0.25, -0.2) is 4.57 Å². The van der Waals surface area contributed by atoms with Crippen LogP contribution in [-0.2, 0) is 32.7 Å². The molecule has 55 heavy (non-hydrogen) atoms. The van der Waals surface area contributed by atoms with Gasteiger partial charge in [-0.2, -0.15) is 0 Å². The van der Waals surface area contributed by atoms with Crippen molar-refractivity contribution in [2.75, 3.05) is 26.4 Å². The predicted molar refractivity (Wildman–Crippen MR) is 223 cm³/mol. The molecule has 1 unspecified atom stereocenters. The minimum atomic E-state index is -4.64. The molecule has 0 aliphatic rings. The quantitative estimate of drug-likeness (QED) is 0.0239. The molecule has 0 aliphatic heterocycles. The van der Waals surface area contributed by atoms with E-state index in [9.17, 15) is 24.2 Å². The van der Waals surface area contributed by atoms with Gasteiger partial charge >= 0.3 is 19.8 Å². The van der Waals surface area contributed by atoms with E-state index in [2.05, 4.69) is 79.1 Å². The Balaban J connectivity index is 4.49. The zero-order valence-corrected chi connectivity index (χ0v) is 35.0. The summed E-state index contributed by atoms with van der Waals surface area (Å²) in [4.78, 5) is 34.9. The van der Waals surface area contributed by atoms with Crippen LogP contribution in [0.4, 0.5) is 0 Å². The van der Waals surface area contributed by atoms with Gasteiger partial charge in [0.25, 0.3) is 0 Å². The molecule has 0 amide bonds. The number of allylic oxidation sites excluding steroid dienone is 12. The van der Waals surface area contributed by atoms with Crippen LogP contribution in [0.25, 0.3) is 0 Å². The van der Waals surface area contributed by atoms with Gasteiger partial charge in [-0.05, 0) is 77.0 Å². The van der Waals surface area contributed by atoms with E-state index in [1.54, 1.807) is 0 Å². The van der Waals surface area contributed by atoms with E-state index in [4.69, 9.17) is 19.1 Å². The second kappa shape index (κ2) is 39.6. The van der Waals surface area contributed by atoms with Crippen LogP contribution in [-0.4, -0.2) is 65.7 Å². The first kappa shape index (κ1) is 52.4. The summed E-state index contributed by atoms with van der Waals surface area (Å²) in [5.74, 6) is -1.05. The fourth-order valence-corrected chi connectivity index (χ4v) is 5.88. The van der Waals surface area contributed by atoms with Gasteiger partial charge in [-0.15, -0.1) is 0 Å². The van der Waals surface area contributed by atoms with Crippen LogP contribution in [0, 0.1) is 0 Å². The molecule has 0 rings (SSSR count). The lowest BCUT2D eigenvalue weighted by Crippen LogP contribution is -2.29. The molecule has 0 aromatic heterocycles. The molecule has 0 radical (unpaired) electrons. The largest absolute Gasteiger partial charge is 0.472 e. The lowest BCUT2D eigenvalue weighted by molar-refractivity contribution is -0.161. The molecule has 3 atom stereocenters. The lowest BCUT2D eigenvalue weighted by atomic mass is 10.1. The van der Waals surface area contributed by atoms with Crippen LogP contribution in [0.15, 0.2) is 72.9 Å². The summed E-state index contributed by atoms with van der Waals surface area (Å²) in [5, 5.41) is 18.3. The Hall–Kier alpha value is -2.59. The monoisotopic (exact) mass is 795 g/mol. The Labute approximate surface area is 333 Å². The fourth-order valence-electron chi connectivity index (χ4n) is 5.09. The Morgan fingerprint density at radius 2 is 0.982 bits per heavy atom. The first-order valence-electron chi connectivity index (χ1n) is 20.9. The van der Waals surface area contributed by atoms with Crippen LogP contribution < -0.4 is 0 Å². The molecule has 0 saturated heterocycles. The molecular weight excluding hydrogens is 719 g/mol. The van der Waals surface area contributed by atoms with E-state index in [0.29, 0.717) is 12.8 Å². The number of ether oxygens (including phenoxy) is 2. The Morgan fingerprint density at radius 3 is 1.55 bits per heavy atom. The average Bonchev–Trinajstić information content (AvgIpc) is 3.17. The van der Waals surface area contributed by atoms with Crippen molar-refractivity contribution in [2.45, 2.75) is 167 Å². The summed E-state index contributed by atoms with van der Waals surface area (Å²) in [6.45, 7) is 2.22. The van der Waals surface area contributed by atoms with Crippen molar-refractivity contribution in [3.8, 4) is 0 Å². The summed E-state index contributed by atoms with van der Waals surface area (Å²) in [7, 11) is -4.64. The lowest BCUT2D eigenvalue weighted by Gasteiger charge is -2.20. The molecule has 10 nitrogen and oxygen atoms in total. The van der Waals surface area contributed by atoms with Gasteiger partial charge in [0.05, 0.1) is 19.8 Å². The van der Waals surface area contributed by atoms with E-state index in [-0.39, 0.29) is 19.4 Å². The van der Waals surface area contributed by atoms with Gasteiger partial charge in [0.1, 0.15) is 12.7 Å². The first-order valence-corrected chi connectivity index (χ1v) is 22.4. The second-order valence-electron chi connectivity index (χ2n) is 13.7. The number of unbranched alkanes of at least 4 members (excludes halogenated alkanes) is 12. The molecule has 316 valence electrons. The molecule has 0 aliphatic carbocycles.